The summed E-state index contributed by atoms with van der Waals surface area (Å²) in [6, 6.07) is 6.67. The van der Waals surface area contributed by atoms with E-state index in [1.807, 2.05) is 0 Å². The molecule has 21 heavy (non-hydrogen) atoms. The summed E-state index contributed by atoms with van der Waals surface area (Å²) in [4.78, 5) is 2.55. The second kappa shape index (κ2) is 6.58. The Labute approximate surface area is 127 Å². The molecule has 1 fully saturated rings. The summed E-state index contributed by atoms with van der Waals surface area (Å²) >= 11 is -0.0831. The number of hydrogen-bond acceptors (Lipinski definition) is 3. The minimum absolute atomic E-state index is 0.0831. The van der Waals surface area contributed by atoms with Gasteiger partial charge in [-0.1, -0.05) is 26.0 Å². The van der Waals surface area contributed by atoms with Crippen LogP contribution < -0.4 is 5.73 Å². The molecule has 2 N–H and O–H groups in total. The quantitative estimate of drug-likeness (QED) is 0.854. The molecule has 0 saturated carbocycles. The molecule has 1 heterocycles. The third-order valence-electron chi connectivity index (χ3n) is 4.18. The van der Waals surface area contributed by atoms with Crippen molar-refractivity contribution in [2.45, 2.75) is 30.3 Å². The van der Waals surface area contributed by atoms with E-state index in [2.05, 4.69) is 18.7 Å². The molecule has 3 unspecified atom stereocenters. The van der Waals surface area contributed by atoms with Gasteiger partial charge in [0, 0.05) is 30.6 Å². The fraction of sp³-hybridized carbons (Fsp3) is 0.600. The van der Waals surface area contributed by atoms with Gasteiger partial charge < -0.3 is 5.73 Å². The standard InChI is InChI=1S/C15H21F3N2S/c1-10-8-20(9-11(10)2)14(7-19)12-3-5-13(6-4-12)21-15(16,17)18/h3-6,10-11,14H,7-9,19H2,1-2H3. The first-order chi connectivity index (χ1) is 9.80. The molecule has 0 amide bonds. The predicted octanol–water partition coefficient (Wildman–Crippen LogP) is 3.89. The van der Waals surface area contributed by atoms with Crippen LogP contribution in [0.5, 0.6) is 0 Å². The van der Waals surface area contributed by atoms with Crippen LogP contribution >= 0.6 is 11.8 Å². The number of benzene rings is 1. The summed E-state index contributed by atoms with van der Waals surface area (Å²) in [5, 5.41) is 0. The Bertz CT molecular complexity index is 451. The van der Waals surface area contributed by atoms with E-state index in [0.717, 1.165) is 18.7 Å². The molecule has 6 heteroatoms. The van der Waals surface area contributed by atoms with E-state index < -0.39 is 5.51 Å². The van der Waals surface area contributed by atoms with Crippen molar-refractivity contribution in [2.75, 3.05) is 19.6 Å². The zero-order valence-corrected chi connectivity index (χ0v) is 13.0. The largest absolute Gasteiger partial charge is 0.446 e. The number of halogens is 3. The maximum atomic E-state index is 12.3. The third kappa shape index (κ3) is 4.37. The average Bonchev–Trinajstić information content (AvgIpc) is 2.70. The van der Waals surface area contributed by atoms with Gasteiger partial charge in [-0.15, -0.1) is 0 Å². The highest BCUT2D eigenvalue weighted by molar-refractivity contribution is 8.00. The topological polar surface area (TPSA) is 29.3 Å². The number of rotatable bonds is 4. The number of thioether (sulfide) groups is 1. The fourth-order valence-corrected chi connectivity index (χ4v) is 3.36. The molecule has 0 bridgehead atoms. The molecule has 1 aromatic carbocycles. The summed E-state index contributed by atoms with van der Waals surface area (Å²) in [6.07, 6.45) is 0. The van der Waals surface area contributed by atoms with Gasteiger partial charge in [0.05, 0.1) is 0 Å². The summed E-state index contributed by atoms with van der Waals surface area (Å²) in [5.41, 5.74) is 2.64. The van der Waals surface area contributed by atoms with Crippen molar-refractivity contribution in [3.63, 3.8) is 0 Å². The summed E-state index contributed by atoms with van der Waals surface area (Å²) in [6.45, 7) is 6.90. The van der Waals surface area contributed by atoms with E-state index in [-0.39, 0.29) is 22.7 Å². The van der Waals surface area contributed by atoms with E-state index in [1.54, 1.807) is 12.1 Å². The van der Waals surface area contributed by atoms with Crippen LogP contribution in [0, 0.1) is 11.8 Å². The molecule has 1 aromatic rings. The smallest absolute Gasteiger partial charge is 0.329 e. The lowest BCUT2D eigenvalue weighted by molar-refractivity contribution is -0.0328. The molecule has 3 atom stereocenters. The van der Waals surface area contributed by atoms with Crippen LogP contribution in [0.25, 0.3) is 0 Å². The van der Waals surface area contributed by atoms with Crippen molar-refractivity contribution in [2.24, 2.45) is 17.6 Å². The highest BCUT2D eigenvalue weighted by Gasteiger charge is 2.32. The monoisotopic (exact) mass is 318 g/mol. The molecule has 0 aromatic heterocycles. The Kier molecular flexibility index (Phi) is 5.22. The Morgan fingerprint density at radius 3 is 2.14 bits per heavy atom. The average molecular weight is 318 g/mol. The molecule has 0 aliphatic carbocycles. The zero-order chi connectivity index (χ0) is 15.6. The number of alkyl halides is 3. The Hall–Kier alpha value is -0.720. The lowest BCUT2D eigenvalue weighted by atomic mass is 10.0. The van der Waals surface area contributed by atoms with E-state index in [4.69, 9.17) is 5.73 Å². The molecule has 1 aliphatic heterocycles. The van der Waals surface area contributed by atoms with Gasteiger partial charge in [0.25, 0.3) is 0 Å². The van der Waals surface area contributed by atoms with Crippen LogP contribution in [-0.2, 0) is 0 Å². The van der Waals surface area contributed by atoms with Crippen molar-refractivity contribution in [1.29, 1.82) is 0 Å². The van der Waals surface area contributed by atoms with Crippen LogP contribution in [-0.4, -0.2) is 30.0 Å². The van der Waals surface area contributed by atoms with Gasteiger partial charge in [0.15, 0.2) is 0 Å². The van der Waals surface area contributed by atoms with Crippen molar-refractivity contribution < 1.29 is 13.2 Å². The summed E-state index contributed by atoms with van der Waals surface area (Å²) in [5.74, 6) is 1.25. The Morgan fingerprint density at radius 2 is 1.71 bits per heavy atom. The Balaban J connectivity index is 2.09. The van der Waals surface area contributed by atoms with Crippen molar-refractivity contribution >= 4 is 11.8 Å². The van der Waals surface area contributed by atoms with Gasteiger partial charge in [0.1, 0.15) is 0 Å². The zero-order valence-electron chi connectivity index (χ0n) is 12.2. The van der Waals surface area contributed by atoms with E-state index in [9.17, 15) is 13.2 Å². The molecule has 2 nitrogen and oxygen atoms in total. The first kappa shape index (κ1) is 16.6. The number of likely N-dealkylation sites (tertiary alicyclic amines) is 1. The van der Waals surface area contributed by atoms with Gasteiger partial charge in [0.2, 0.25) is 0 Å². The minimum Gasteiger partial charge on any atom is -0.329 e. The predicted molar refractivity (Wildman–Crippen MR) is 80.1 cm³/mol. The highest BCUT2D eigenvalue weighted by Crippen LogP contribution is 2.37. The van der Waals surface area contributed by atoms with Crippen molar-refractivity contribution in [1.82, 2.24) is 4.90 Å². The molecule has 0 radical (unpaired) electrons. The summed E-state index contributed by atoms with van der Waals surface area (Å²) in [7, 11) is 0. The molecule has 118 valence electrons. The summed E-state index contributed by atoms with van der Waals surface area (Å²) < 4.78 is 37.0. The van der Waals surface area contributed by atoms with E-state index in [1.165, 1.54) is 12.1 Å². The maximum Gasteiger partial charge on any atom is 0.446 e. The molecule has 1 saturated heterocycles. The highest BCUT2D eigenvalue weighted by atomic mass is 32.2. The molecule has 0 spiro atoms. The van der Waals surface area contributed by atoms with E-state index in [0.29, 0.717) is 18.4 Å². The van der Waals surface area contributed by atoms with Gasteiger partial charge in [-0.3, -0.25) is 4.90 Å². The number of nitrogens with two attached hydrogens (primary N) is 1. The number of hydrogen-bond donors (Lipinski definition) is 1. The SMILES string of the molecule is CC1CN(C(CN)c2ccc(SC(F)(F)F)cc2)CC1C. The first-order valence-electron chi connectivity index (χ1n) is 7.10. The number of nitrogens with zero attached hydrogens (tertiary/aromatic N) is 1. The van der Waals surface area contributed by atoms with E-state index >= 15 is 0 Å². The second-order valence-electron chi connectivity index (χ2n) is 5.78. The van der Waals surface area contributed by atoms with Crippen LogP contribution in [0.3, 0.4) is 0 Å². The molecular formula is C15H21F3N2S. The first-order valence-corrected chi connectivity index (χ1v) is 7.91. The lowest BCUT2D eigenvalue weighted by Gasteiger charge is -2.27. The Morgan fingerprint density at radius 1 is 1.19 bits per heavy atom. The van der Waals surface area contributed by atoms with Crippen LogP contribution in [0.2, 0.25) is 0 Å². The van der Waals surface area contributed by atoms with Crippen LogP contribution in [0.4, 0.5) is 13.2 Å². The van der Waals surface area contributed by atoms with Gasteiger partial charge in [-0.05, 0) is 41.3 Å². The van der Waals surface area contributed by atoms with Gasteiger partial charge in [-0.25, -0.2) is 0 Å². The lowest BCUT2D eigenvalue weighted by Crippen LogP contribution is -2.32. The van der Waals surface area contributed by atoms with Gasteiger partial charge in [-0.2, -0.15) is 13.2 Å². The second-order valence-corrected chi connectivity index (χ2v) is 6.92. The maximum absolute atomic E-state index is 12.3. The fourth-order valence-electron chi connectivity index (χ4n) is 2.82. The van der Waals surface area contributed by atoms with Crippen LogP contribution in [0.1, 0.15) is 25.5 Å². The molecular weight excluding hydrogens is 297 g/mol. The van der Waals surface area contributed by atoms with Crippen molar-refractivity contribution in [3.05, 3.63) is 29.8 Å². The van der Waals surface area contributed by atoms with Crippen molar-refractivity contribution in [3.8, 4) is 0 Å². The molecule has 2 rings (SSSR count). The third-order valence-corrected chi connectivity index (χ3v) is 4.92. The molecule has 1 aliphatic rings. The van der Waals surface area contributed by atoms with Crippen LogP contribution in [0.15, 0.2) is 29.2 Å². The normalized spacial score (nSPS) is 25.2. The van der Waals surface area contributed by atoms with Gasteiger partial charge >= 0.3 is 5.51 Å². The minimum atomic E-state index is -4.24.